The van der Waals surface area contributed by atoms with Crippen molar-refractivity contribution in [2.45, 2.75) is 45.1 Å². The van der Waals surface area contributed by atoms with Crippen LogP contribution in [0.25, 0.3) is 0 Å². The first-order valence-corrected chi connectivity index (χ1v) is 6.69. The van der Waals surface area contributed by atoms with Crippen molar-refractivity contribution in [2.75, 3.05) is 11.5 Å². The number of carbonyl (C=O) groups is 1. The minimum absolute atomic E-state index is 0.0735. The Morgan fingerprint density at radius 1 is 1.40 bits per heavy atom. The van der Waals surface area contributed by atoms with Crippen LogP contribution >= 0.6 is 11.8 Å². The fraction of sp³-hybridized carbons (Fsp3) is 0.900. The van der Waals surface area contributed by atoms with E-state index in [1.165, 1.54) is 0 Å². The normalized spacial score (nSPS) is 12.5. The second-order valence-electron chi connectivity index (χ2n) is 3.62. The van der Waals surface area contributed by atoms with Crippen molar-refractivity contribution in [3.8, 4) is 0 Å². The Bertz CT molecular complexity index is 167. The average Bonchev–Trinajstić information content (AvgIpc) is 2.26. The fourth-order valence-corrected chi connectivity index (χ4v) is 2.20. The number of hydrazine groups is 1. The van der Waals surface area contributed by atoms with E-state index >= 15 is 0 Å². The second kappa shape index (κ2) is 10.3. The molecule has 0 spiro atoms. The third-order valence-corrected chi connectivity index (χ3v) is 3.45. The Kier molecular flexibility index (Phi) is 10.1. The molecular formula is C10H23N3OS. The van der Waals surface area contributed by atoms with E-state index in [1.807, 2.05) is 11.8 Å². The van der Waals surface area contributed by atoms with Gasteiger partial charge in [-0.1, -0.05) is 13.3 Å². The maximum Gasteiger partial charge on any atom is 0.233 e. The molecule has 0 saturated carbocycles. The van der Waals surface area contributed by atoms with Gasteiger partial charge < -0.3 is 5.73 Å². The number of carbonyl (C=O) groups excluding carboxylic acids is 1. The van der Waals surface area contributed by atoms with Crippen LogP contribution in [0.5, 0.6) is 0 Å². The molecule has 0 aliphatic carbocycles. The number of nitrogens with one attached hydrogen (secondary N) is 1. The molecule has 0 aromatic carbocycles. The van der Waals surface area contributed by atoms with E-state index in [-0.39, 0.29) is 5.91 Å². The minimum Gasteiger partial charge on any atom is -0.327 e. The van der Waals surface area contributed by atoms with Gasteiger partial charge in [0, 0.05) is 18.2 Å². The maximum absolute atomic E-state index is 10.8. The standard InChI is InChI=1S/C10H23N3OS/c1-2-9(11)8-15-7-5-3-4-6-10(14)13-12/h9H,2-8,11-12H2,1H3,(H,13,14). The van der Waals surface area contributed by atoms with Gasteiger partial charge in [0.1, 0.15) is 0 Å². The van der Waals surface area contributed by atoms with Crippen LogP contribution in [-0.4, -0.2) is 23.5 Å². The molecular weight excluding hydrogens is 210 g/mol. The van der Waals surface area contributed by atoms with E-state index < -0.39 is 0 Å². The highest BCUT2D eigenvalue weighted by molar-refractivity contribution is 7.99. The highest BCUT2D eigenvalue weighted by Gasteiger charge is 2.00. The fourth-order valence-electron chi connectivity index (χ4n) is 1.09. The number of hydrogen-bond acceptors (Lipinski definition) is 4. The van der Waals surface area contributed by atoms with Crippen LogP contribution in [0.15, 0.2) is 0 Å². The minimum atomic E-state index is -0.0735. The van der Waals surface area contributed by atoms with Gasteiger partial charge in [0.25, 0.3) is 0 Å². The third kappa shape index (κ3) is 10.0. The predicted molar refractivity (Wildman–Crippen MR) is 66.4 cm³/mol. The zero-order valence-electron chi connectivity index (χ0n) is 9.50. The Balaban J connectivity index is 3.08. The molecule has 0 aliphatic heterocycles. The molecule has 0 aromatic rings. The van der Waals surface area contributed by atoms with Crippen molar-refractivity contribution in [3.05, 3.63) is 0 Å². The van der Waals surface area contributed by atoms with Crippen molar-refractivity contribution in [1.29, 1.82) is 0 Å². The van der Waals surface area contributed by atoms with Crippen LogP contribution in [-0.2, 0) is 4.79 Å². The summed E-state index contributed by atoms with van der Waals surface area (Å²) in [5.41, 5.74) is 7.91. The molecule has 0 rings (SSSR count). The van der Waals surface area contributed by atoms with Gasteiger partial charge in [0.2, 0.25) is 5.91 Å². The molecule has 0 aliphatic rings. The van der Waals surface area contributed by atoms with Crippen LogP contribution in [0.3, 0.4) is 0 Å². The molecule has 1 unspecified atom stereocenters. The van der Waals surface area contributed by atoms with Gasteiger partial charge in [0.05, 0.1) is 0 Å². The summed E-state index contributed by atoms with van der Waals surface area (Å²) in [5.74, 6) is 7.07. The van der Waals surface area contributed by atoms with Crippen LogP contribution < -0.4 is 17.0 Å². The summed E-state index contributed by atoms with van der Waals surface area (Å²) in [6.45, 7) is 2.11. The smallest absolute Gasteiger partial charge is 0.233 e. The largest absolute Gasteiger partial charge is 0.327 e. The van der Waals surface area contributed by atoms with Gasteiger partial charge in [-0.05, 0) is 25.0 Å². The third-order valence-electron chi connectivity index (χ3n) is 2.21. The van der Waals surface area contributed by atoms with E-state index in [1.54, 1.807) is 0 Å². The lowest BCUT2D eigenvalue weighted by Gasteiger charge is -2.07. The number of nitrogens with two attached hydrogens (primary N) is 2. The second-order valence-corrected chi connectivity index (χ2v) is 4.77. The van der Waals surface area contributed by atoms with E-state index in [0.29, 0.717) is 12.5 Å². The lowest BCUT2D eigenvalue weighted by atomic mass is 10.2. The van der Waals surface area contributed by atoms with Crippen LogP contribution in [0.4, 0.5) is 0 Å². The first kappa shape index (κ1) is 14.7. The topological polar surface area (TPSA) is 81.1 Å². The van der Waals surface area contributed by atoms with Gasteiger partial charge >= 0.3 is 0 Å². The molecule has 0 heterocycles. The molecule has 15 heavy (non-hydrogen) atoms. The Morgan fingerprint density at radius 3 is 2.73 bits per heavy atom. The van der Waals surface area contributed by atoms with Gasteiger partial charge in [-0.25, -0.2) is 5.84 Å². The van der Waals surface area contributed by atoms with Gasteiger partial charge in [-0.3, -0.25) is 10.2 Å². The Hall–Kier alpha value is -0.260. The predicted octanol–water partition coefficient (Wildman–Crippen LogP) is 1.01. The highest BCUT2D eigenvalue weighted by atomic mass is 32.2. The van der Waals surface area contributed by atoms with E-state index in [0.717, 1.165) is 37.2 Å². The lowest BCUT2D eigenvalue weighted by Crippen LogP contribution is -2.29. The summed E-state index contributed by atoms with van der Waals surface area (Å²) < 4.78 is 0. The average molecular weight is 233 g/mol. The van der Waals surface area contributed by atoms with Crippen molar-refractivity contribution in [2.24, 2.45) is 11.6 Å². The van der Waals surface area contributed by atoms with Crippen LogP contribution in [0, 0.1) is 0 Å². The summed E-state index contributed by atoms with van der Waals surface area (Å²) in [6.07, 6.45) is 4.74. The molecule has 1 amide bonds. The highest BCUT2D eigenvalue weighted by Crippen LogP contribution is 2.09. The molecule has 0 radical (unpaired) electrons. The summed E-state index contributed by atoms with van der Waals surface area (Å²) in [7, 11) is 0. The SMILES string of the molecule is CCC(N)CSCCCCCC(=O)NN. The number of thioether (sulfide) groups is 1. The monoisotopic (exact) mass is 233 g/mol. The Labute approximate surface area is 96.5 Å². The number of amides is 1. The first-order valence-electron chi connectivity index (χ1n) is 5.53. The Morgan fingerprint density at radius 2 is 2.13 bits per heavy atom. The molecule has 0 bridgehead atoms. The number of rotatable bonds is 9. The van der Waals surface area contributed by atoms with E-state index in [2.05, 4.69) is 12.3 Å². The summed E-state index contributed by atoms with van der Waals surface area (Å²) in [6, 6.07) is 0.331. The molecule has 5 heteroatoms. The summed E-state index contributed by atoms with van der Waals surface area (Å²) >= 11 is 1.90. The molecule has 0 aromatic heterocycles. The molecule has 5 N–H and O–H groups in total. The molecule has 1 atom stereocenters. The van der Waals surface area contributed by atoms with Crippen molar-refractivity contribution < 1.29 is 4.79 Å². The van der Waals surface area contributed by atoms with Gasteiger partial charge in [-0.2, -0.15) is 11.8 Å². The van der Waals surface area contributed by atoms with Crippen LogP contribution in [0.2, 0.25) is 0 Å². The number of hydrogen-bond donors (Lipinski definition) is 3. The lowest BCUT2D eigenvalue weighted by molar-refractivity contribution is -0.121. The number of unbranched alkanes of at least 4 members (excludes halogenated alkanes) is 2. The zero-order chi connectivity index (χ0) is 11.5. The quantitative estimate of drug-likeness (QED) is 0.240. The molecule has 0 fully saturated rings. The van der Waals surface area contributed by atoms with Crippen molar-refractivity contribution in [1.82, 2.24) is 5.43 Å². The maximum atomic E-state index is 10.8. The van der Waals surface area contributed by atoms with Crippen molar-refractivity contribution >= 4 is 17.7 Å². The van der Waals surface area contributed by atoms with Crippen LogP contribution in [0.1, 0.15) is 39.0 Å². The molecule has 90 valence electrons. The summed E-state index contributed by atoms with van der Waals surface area (Å²) in [4.78, 5) is 10.8. The van der Waals surface area contributed by atoms with E-state index in [4.69, 9.17) is 11.6 Å². The van der Waals surface area contributed by atoms with Gasteiger partial charge in [-0.15, -0.1) is 0 Å². The van der Waals surface area contributed by atoms with Crippen molar-refractivity contribution in [3.63, 3.8) is 0 Å². The molecule has 4 nitrogen and oxygen atoms in total. The summed E-state index contributed by atoms with van der Waals surface area (Å²) in [5, 5.41) is 0. The molecule has 0 saturated heterocycles. The zero-order valence-corrected chi connectivity index (χ0v) is 10.3. The van der Waals surface area contributed by atoms with E-state index in [9.17, 15) is 4.79 Å². The first-order chi connectivity index (χ1) is 7.20. The van der Waals surface area contributed by atoms with Gasteiger partial charge in [0.15, 0.2) is 0 Å².